The number of hydrogen-bond acceptors (Lipinski definition) is 14. The molecule has 3 aromatic rings. The zero-order valence-electron chi connectivity index (χ0n) is 42.1. The van der Waals surface area contributed by atoms with Crippen LogP contribution in [-0.2, 0) is 43.0 Å². The number of hydroxylamine groups is 2. The number of furan rings is 1. The van der Waals surface area contributed by atoms with Gasteiger partial charge < -0.3 is 44.2 Å². The lowest BCUT2D eigenvalue weighted by Gasteiger charge is -2.32. The van der Waals surface area contributed by atoms with Gasteiger partial charge in [-0.05, 0) is 86.1 Å². The Morgan fingerprint density at radius 1 is 0.732 bits per heavy atom. The molecule has 0 fully saturated rings. The number of unbranched alkanes of at least 4 members (excludes halogenated alkanes) is 5. The van der Waals surface area contributed by atoms with E-state index in [4.69, 9.17) is 28.2 Å². The van der Waals surface area contributed by atoms with Crippen LogP contribution in [0.4, 0.5) is 4.39 Å². The van der Waals surface area contributed by atoms with E-state index in [1.54, 1.807) is 20.8 Å². The number of nitrogens with one attached hydrogen (secondary N) is 3. The van der Waals surface area contributed by atoms with Gasteiger partial charge in [-0.2, -0.15) is 5.06 Å². The maximum absolute atomic E-state index is 14.1. The molecule has 3 rings (SSSR count). The van der Waals surface area contributed by atoms with Crippen LogP contribution in [0.1, 0.15) is 168 Å². The normalized spacial score (nSPS) is 12.2. The molecule has 3 atom stereocenters. The SMILES string of the molecule is CCCCC[C@@H](C(=O)NCNC(=O)c1ccc(-c2ccc(C(=O)N[C@@H](CC(=O)OCCCC)C(=O)OCCCC)c(OCC(=O)OCCCC)c2)o1)[C@@H](CC)N(C=O)OC(=O)c1ccc(F)cc1C(C)C. The average molecular weight is 995 g/mol. The van der Waals surface area contributed by atoms with E-state index >= 15 is 0 Å². The fourth-order valence-corrected chi connectivity index (χ4v) is 7.20. The molecule has 3 N–H and O–H groups in total. The molecule has 1 aromatic heterocycles. The first-order chi connectivity index (χ1) is 34.1. The summed E-state index contributed by atoms with van der Waals surface area (Å²) in [6, 6.07) is 8.47. The first kappa shape index (κ1) is 58.5. The predicted molar refractivity (Wildman–Crippen MR) is 259 cm³/mol. The minimum atomic E-state index is -1.40. The van der Waals surface area contributed by atoms with Gasteiger partial charge in [0.15, 0.2) is 12.4 Å². The largest absolute Gasteiger partial charge is 0.481 e. The van der Waals surface area contributed by atoms with Gasteiger partial charge in [0.05, 0.1) is 56.0 Å². The number of amides is 4. The second-order valence-electron chi connectivity index (χ2n) is 17.1. The number of rotatable bonds is 33. The number of nitrogens with zero attached hydrogens (tertiary/aromatic N) is 1. The van der Waals surface area contributed by atoms with Gasteiger partial charge in [-0.3, -0.25) is 24.0 Å². The van der Waals surface area contributed by atoms with Crippen molar-refractivity contribution >= 4 is 48.0 Å². The molecule has 0 unspecified atom stereocenters. The van der Waals surface area contributed by atoms with Crippen LogP contribution in [0.3, 0.4) is 0 Å². The minimum Gasteiger partial charge on any atom is -0.481 e. The molecular weight excluding hydrogens is 924 g/mol. The number of ether oxygens (including phenoxy) is 4. The quantitative estimate of drug-likeness (QED) is 0.0131. The molecule has 0 bridgehead atoms. The van der Waals surface area contributed by atoms with Crippen molar-refractivity contribution < 1.29 is 70.9 Å². The zero-order chi connectivity index (χ0) is 52.3. The molecule has 19 heteroatoms. The Morgan fingerprint density at radius 2 is 1.38 bits per heavy atom. The van der Waals surface area contributed by atoms with Gasteiger partial charge >= 0.3 is 23.9 Å². The van der Waals surface area contributed by atoms with Gasteiger partial charge in [-0.25, -0.2) is 18.8 Å². The number of halogens is 1. The van der Waals surface area contributed by atoms with Crippen molar-refractivity contribution in [2.45, 2.75) is 144 Å². The van der Waals surface area contributed by atoms with Crippen molar-refractivity contribution in [1.29, 1.82) is 0 Å². The predicted octanol–water partition coefficient (Wildman–Crippen LogP) is 8.12. The van der Waals surface area contributed by atoms with Gasteiger partial charge in [0.2, 0.25) is 12.3 Å². The van der Waals surface area contributed by atoms with Crippen molar-refractivity contribution in [3.05, 3.63) is 76.8 Å². The Bertz CT molecular complexity index is 2230. The fraction of sp³-hybridized carbons (Fsp3) is 0.538. The van der Waals surface area contributed by atoms with Crippen LogP contribution in [0, 0.1) is 11.7 Å². The van der Waals surface area contributed by atoms with Gasteiger partial charge in [0, 0.05) is 5.56 Å². The van der Waals surface area contributed by atoms with E-state index in [0.29, 0.717) is 49.6 Å². The smallest absolute Gasteiger partial charge is 0.363 e. The van der Waals surface area contributed by atoms with Crippen molar-refractivity contribution in [3.8, 4) is 17.1 Å². The lowest BCUT2D eigenvalue weighted by atomic mass is 9.90. The van der Waals surface area contributed by atoms with Crippen LogP contribution in [0.5, 0.6) is 5.75 Å². The molecule has 0 aliphatic carbocycles. The van der Waals surface area contributed by atoms with Crippen LogP contribution in [0.2, 0.25) is 0 Å². The van der Waals surface area contributed by atoms with E-state index < -0.39 is 78.4 Å². The molecule has 0 aliphatic heterocycles. The Labute approximate surface area is 415 Å². The summed E-state index contributed by atoms with van der Waals surface area (Å²) in [7, 11) is 0. The van der Waals surface area contributed by atoms with Crippen LogP contribution in [-0.4, -0.2) is 98.3 Å². The van der Waals surface area contributed by atoms with E-state index in [9.17, 15) is 42.7 Å². The number of carbonyl (C=O) groups is 8. The minimum absolute atomic E-state index is 0.0786. The van der Waals surface area contributed by atoms with Gasteiger partial charge in [0.1, 0.15) is 23.4 Å². The first-order valence-corrected chi connectivity index (χ1v) is 24.6. The van der Waals surface area contributed by atoms with Gasteiger partial charge in [-0.1, -0.05) is 93.1 Å². The highest BCUT2D eigenvalue weighted by Gasteiger charge is 2.34. The van der Waals surface area contributed by atoms with Gasteiger partial charge in [0.25, 0.3) is 11.8 Å². The van der Waals surface area contributed by atoms with E-state index in [-0.39, 0.29) is 67.2 Å². The van der Waals surface area contributed by atoms with E-state index in [2.05, 4.69) is 16.0 Å². The van der Waals surface area contributed by atoms with Gasteiger partial charge in [-0.15, -0.1) is 0 Å². The highest BCUT2D eigenvalue weighted by Crippen LogP contribution is 2.30. The summed E-state index contributed by atoms with van der Waals surface area (Å²) in [4.78, 5) is 111. The Balaban J connectivity index is 1.81. The standard InChI is InChI=1S/C52H71FN4O14/c1-8-13-17-18-38(42(12-5)57(33-58)71-51(64)37-22-20-36(53)29-40(37)34(6)7)48(61)54-32-55-50(63)44-24-23-43(70-44)35-19-21-39(45(28-35)69-31-47(60)67-26-15-10-3)49(62)56-41(52(65)68-27-16-11-4)30-46(59)66-25-14-9-2/h19-24,28-29,33-34,38,41-42H,8-18,25-27,30-32H2,1-7H3,(H,54,61)(H,55,63)(H,56,62)/t38-,41+,42-/m1/s1. The third-order valence-corrected chi connectivity index (χ3v) is 11.2. The fourth-order valence-electron chi connectivity index (χ4n) is 7.20. The highest BCUT2D eigenvalue weighted by molar-refractivity contribution is 6.00. The van der Waals surface area contributed by atoms with Crippen molar-refractivity contribution in [2.24, 2.45) is 5.92 Å². The van der Waals surface area contributed by atoms with Crippen LogP contribution in [0.15, 0.2) is 52.9 Å². The third kappa shape index (κ3) is 19.1. The molecule has 2 aromatic carbocycles. The molecular formula is C52H71FN4O14. The molecule has 1 heterocycles. The van der Waals surface area contributed by atoms with E-state index in [0.717, 1.165) is 43.2 Å². The number of esters is 3. The number of carbonyl (C=O) groups excluding carboxylic acids is 8. The topological polar surface area (TPSA) is 235 Å². The highest BCUT2D eigenvalue weighted by atomic mass is 19.1. The number of benzene rings is 2. The molecule has 18 nitrogen and oxygen atoms in total. The molecule has 0 spiro atoms. The van der Waals surface area contributed by atoms with Crippen molar-refractivity contribution in [3.63, 3.8) is 0 Å². The molecule has 0 aliphatic rings. The summed E-state index contributed by atoms with van der Waals surface area (Å²) in [5.74, 6) is -6.89. The summed E-state index contributed by atoms with van der Waals surface area (Å²) < 4.78 is 41.5. The van der Waals surface area contributed by atoms with Crippen LogP contribution in [0.25, 0.3) is 11.3 Å². The maximum Gasteiger partial charge on any atom is 0.363 e. The molecule has 4 amide bonds. The molecule has 0 radical (unpaired) electrons. The van der Waals surface area contributed by atoms with Crippen molar-refractivity contribution in [1.82, 2.24) is 21.0 Å². The Hall–Kier alpha value is -6.79. The summed E-state index contributed by atoms with van der Waals surface area (Å²) in [5, 5.41) is 8.65. The zero-order valence-corrected chi connectivity index (χ0v) is 42.1. The summed E-state index contributed by atoms with van der Waals surface area (Å²) in [5.41, 5.74) is 0.686. The van der Waals surface area contributed by atoms with E-state index in [1.165, 1.54) is 42.5 Å². The summed E-state index contributed by atoms with van der Waals surface area (Å²) >= 11 is 0. The van der Waals surface area contributed by atoms with Crippen LogP contribution < -0.4 is 20.7 Å². The molecule has 0 saturated heterocycles. The first-order valence-electron chi connectivity index (χ1n) is 24.6. The second-order valence-corrected chi connectivity index (χ2v) is 17.1. The molecule has 71 heavy (non-hydrogen) atoms. The second kappa shape index (κ2) is 31.4. The average Bonchev–Trinajstić information content (AvgIpc) is 3.85. The third-order valence-electron chi connectivity index (χ3n) is 11.2. The van der Waals surface area contributed by atoms with Crippen LogP contribution >= 0.6 is 0 Å². The Morgan fingerprint density at radius 3 is 2.01 bits per heavy atom. The summed E-state index contributed by atoms with van der Waals surface area (Å²) in [6.07, 6.45) is 6.77. The molecule has 0 saturated carbocycles. The lowest BCUT2D eigenvalue weighted by Crippen LogP contribution is -2.49. The Kier molecular flexibility index (Phi) is 25.9. The maximum atomic E-state index is 14.1. The lowest BCUT2D eigenvalue weighted by molar-refractivity contribution is -0.171. The number of hydrogen-bond donors (Lipinski definition) is 3. The monoisotopic (exact) mass is 994 g/mol. The van der Waals surface area contributed by atoms with Crippen molar-refractivity contribution in [2.75, 3.05) is 33.1 Å². The summed E-state index contributed by atoms with van der Waals surface area (Å²) in [6.45, 7) is 12.5. The molecule has 390 valence electrons. The van der Waals surface area contributed by atoms with E-state index in [1.807, 2.05) is 27.7 Å².